The Hall–Kier alpha value is -1.82. The maximum Gasteiger partial charge on any atom is -0.0146 e. The van der Waals surface area contributed by atoms with Gasteiger partial charge in [0.25, 0.3) is 0 Å². The average molecular weight is 458 g/mol. The highest BCUT2D eigenvalue weighted by molar-refractivity contribution is 5.99. The molecule has 0 heteroatoms. The van der Waals surface area contributed by atoms with Gasteiger partial charge in [0.2, 0.25) is 0 Å². The second-order valence-electron chi connectivity index (χ2n) is 10.5. The van der Waals surface area contributed by atoms with E-state index in [0.717, 1.165) is 6.42 Å². The summed E-state index contributed by atoms with van der Waals surface area (Å²) in [6.45, 7) is 3.92. The Morgan fingerprint density at radius 3 is 1.38 bits per heavy atom. The molecule has 0 fully saturated rings. The van der Waals surface area contributed by atoms with Crippen molar-refractivity contribution >= 4 is 21.5 Å². The molecular formula is C34H49. The van der Waals surface area contributed by atoms with Crippen LogP contribution < -0.4 is 0 Å². The Bertz CT molecular complexity index is 922. The van der Waals surface area contributed by atoms with E-state index in [4.69, 9.17) is 0 Å². The van der Waals surface area contributed by atoms with Crippen LogP contribution >= 0.6 is 0 Å². The van der Waals surface area contributed by atoms with Gasteiger partial charge in [-0.05, 0) is 52.1 Å². The zero-order valence-electron chi connectivity index (χ0n) is 21.8. The molecule has 0 aromatic heterocycles. The van der Waals surface area contributed by atoms with Crippen molar-refractivity contribution < 1.29 is 0 Å². The minimum absolute atomic E-state index is 1.11. The maximum absolute atomic E-state index is 3.92. The van der Waals surface area contributed by atoms with E-state index in [1.807, 2.05) is 0 Å². The Kier molecular flexibility index (Phi) is 13.2. The van der Waals surface area contributed by atoms with E-state index in [9.17, 15) is 0 Å². The molecule has 34 heavy (non-hydrogen) atoms. The minimum Gasteiger partial charge on any atom is -0.0616 e. The third kappa shape index (κ3) is 9.81. The summed E-state index contributed by atoms with van der Waals surface area (Å²) >= 11 is 0. The van der Waals surface area contributed by atoms with Gasteiger partial charge in [0.1, 0.15) is 0 Å². The maximum atomic E-state index is 3.92. The number of hydrogen-bond acceptors (Lipinski definition) is 0. The van der Waals surface area contributed by atoms with Gasteiger partial charge in [-0.15, -0.1) is 0 Å². The summed E-state index contributed by atoms with van der Waals surface area (Å²) < 4.78 is 0. The first-order valence-corrected chi connectivity index (χ1v) is 14.6. The summed E-state index contributed by atoms with van der Waals surface area (Å²) in [7, 11) is 0. The zero-order valence-corrected chi connectivity index (χ0v) is 21.8. The highest BCUT2D eigenvalue weighted by Gasteiger charge is 2.03. The molecule has 0 aliphatic carbocycles. The first-order chi connectivity index (χ1) is 16.9. The van der Waals surface area contributed by atoms with Crippen molar-refractivity contribution in [3.8, 4) is 0 Å². The molecule has 0 spiro atoms. The molecule has 0 aliphatic rings. The quantitative estimate of drug-likeness (QED) is 0.124. The van der Waals surface area contributed by atoms with Gasteiger partial charge in [-0.3, -0.25) is 0 Å². The largest absolute Gasteiger partial charge is 0.0616 e. The van der Waals surface area contributed by atoms with Crippen LogP contribution in [0.3, 0.4) is 0 Å². The van der Waals surface area contributed by atoms with E-state index in [0.29, 0.717) is 0 Å². The van der Waals surface area contributed by atoms with Gasteiger partial charge >= 0.3 is 0 Å². The lowest BCUT2D eigenvalue weighted by Gasteiger charge is -2.09. The fourth-order valence-electron chi connectivity index (χ4n) is 5.39. The predicted octanol–water partition coefficient (Wildman–Crippen LogP) is 11.4. The molecule has 0 nitrogen and oxygen atoms in total. The third-order valence-electron chi connectivity index (χ3n) is 7.53. The molecule has 0 amide bonds. The minimum atomic E-state index is 1.11. The molecule has 0 bridgehead atoms. The van der Waals surface area contributed by atoms with Gasteiger partial charge in [-0.2, -0.15) is 0 Å². The van der Waals surface area contributed by atoms with E-state index in [1.165, 1.54) is 143 Å². The van der Waals surface area contributed by atoms with E-state index < -0.39 is 0 Å². The molecular weight excluding hydrogens is 408 g/mol. The standard InChI is InChI=1S/C34H49/c1-2-3-4-5-6-7-8-9-10-11-12-13-14-15-16-17-18-19-23-30-26-22-27-33-28-31-24-20-21-25-32(31)29-34(30)33/h20-22,24-29H,1-19,23H2. The number of aryl methyl sites for hydroxylation is 1. The van der Waals surface area contributed by atoms with Crippen LogP contribution in [0.5, 0.6) is 0 Å². The predicted molar refractivity (Wildman–Crippen MR) is 154 cm³/mol. The number of rotatable bonds is 19. The fourth-order valence-corrected chi connectivity index (χ4v) is 5.39. The average Bonchev–Trinajstić information content (AvgIpc) is 2.87. The van der Waals surface area contributed by atoms with Crippen molar-refractivity contribution in [2.75, 3.05) is 0 Å². The first kappa shape index (κ1) is 26.8. The number of benzene rings is 3. The molecule has 0 saturated heterocycles. The third-order valence-corrected chi connectivity index (χ3v) is 7.53. The smallest absolute Gasteiger partial charge is 0.0146 e. The normalized spacial score (nSPS) is 11.6. The SMILES string of the molecule is [CH2]CCCCCCCCCCCCCCCCCCCc1cccc2cc3ccccc3cc12. The zero-order chi connectivity index (χ0) is 23.7. The van der Waals surface area contributed by atoms with Crippen LogP contribution in [-0.2, 0) is 6.42 Å². The number of unbranched alkanes of at least 4 members (excludes halogenated alkanes) is 17. The van der Waals surface area contributed by atoms with Crippen LogP contribution in [0.4, 0.5) is 0 Å². The second-order valence-corrected chi connectivity index (χ2v) is 10.5. The summed E-state index contributed by atoms with van der Waals surface area (Å²) in [6.07, 6.45) is 26.5. The van der Waals surface area contributed by atoms with Gasteiger partial charge in [-0.25, -0.2) is 0 Å². The van der Waals surface area contributed by atoms with Gasteiger partial charge in [0.15, 0.2) is 0 Å². The van der Waals surface area contributed by atoms with Crippen LogP contribution in [0.25, 0.3) is 21.5 Å². The summed E-state index contributed by atoms with van der Waals surface area (Å²) in [4.78, 5) is 0. The van der Waals surface area contributed by atoms with Gasteiger partial charge < -0.3 is 0 Å². The van der Waals surface area contributed by atoms with Crippen molar-refractivity contribution in [3.05, 3.63) is 67.1 Å². The van der Waals surface area contributed by atoms with Crippen molar-refractivity contribution in [1.82, 2.24) is 0 Å². The van der Waals surface area contributed by atoms with E-state index in [2.05, 4.69) is 61.5 Å². The summed E-state index contributed by atoms with van der Waals surface area (Å²) in [5, 5.41) is 5.54. The molecule has 0 atom stereocenters. The highest BCUT2D eigenvalue weighted by atomic mass is 14.1. The lowest BCUT2D eigenvalue weighted by Crippen LogP contribution is -1.89. The Balaban J connectivity index is 1.17. The topological polar surface area (TPSA) is 0 Å². The first-order valence-electron chi connectivity index (χ1n) is 14.6. The summed E-state index contributed by atoms with van der Waals surface area (Å²) in [6, 6.07) is 20.3. The lowest BCUT2D eigenvalue weighted by atomic mass is 9.96. The molecule has 0 unspecified atom stereocenters. The van der Waals surface area contributed by atoms with Crippen molar-refractivity contribution in [2.45, 2.75) is 122 Å². The Labute approximate surface area is 210 Å². The highest BCUT2D eigenvalue weighted by Crippen LogP contribution is 2.26. The fraction of sp³-hybridized carbons (Fsp3) is 0.559. The molecule has 0 N–H and O–H groups in total. The van der Waals surface area contributed by atoms with Crippen LogP contribution in [0, 0.1) is 6.92 Å². The van der Waals surface area contributed by atoms with Crippen molar-refractivity contribution in [1.29, 1.82) is 0 Å². The summed E-state index contributed by atoms with van der Waals surface area (Å²) in [5.74, 6) is 0. The molecule has 1 radical (unpaired) electrons. The Morgan fingerprint density at radius 1 is 0.412 bits per heavy atom. The molecule has 3 rings (SSSR count). The van der Waals surface area contributed by atoms with Gasteiger partial charge in [0, 0.05) is 0 Å². The van der Waals surface area contributed by atoms with Gasteiger partial charge in [-0.1, -0.05) is 159 Å². The van der Waals surface area contributed by atoms with E-state index >= 15 is 0 Å². The lowest BCUT2D eigenvalue weighted by molar-refractivity contribution is 0.526. The van der Waals surface area contributed by atoms with E-state index in [1.54, 1.807) is 0 Å². The number of hydrogen-bond donors (Lipinski definition) is 0. The molecule has 0 aliphatic heterocycles. The molecule has 185 valence electrons. The van der Waals surface area contributed by atoms with Crippen LogP contribution in [-0.4, -0.2) is 0 Å². The monoisotopic (exact) mass is 457 g/mol. The molecule has 3 aromatic carbocycles. The molecule has 0 saturated carbocycles. The van der Waals surface area contributed by atoms with Crippen molar-refractivity contribution in [2.24, 2.45) is 0 Å². The van der Waals surface area contributed by atoms with Crippen LogP contribution in [0.2, 0.25) is 0 Å². The van der Waals surface area contributed by atoms with Crippen molar-refractivity contribution in [3.63, 3.8) is 0 Å². The van der Waals surface area contributed by atoms with Gasteiger partial charge in [0.05, 0.1) is 0 Å². The van der Waals surface area contributed by atoms with Crippen LogP contribution in [0.1, 0.15) is 121 Å². The van der Waals surface area contributed by atoms with Crippen LogP contribution in [0.15, 0.2) is 54.6 Å². The Morgan fingerprint density at radius 2 is 0.853 bits per heavy atom. The second kappa shape index (κ2) is 16.7. The summed E-state index contributed by atoms with van der Waals surface area (Å²) in [5.41, 5.74) is 1.53. The van der Waals surface area contributed by atoms with E-state index in [-0.39, 0.29) is 0 Å². The molecule has 3 aromatic rings. The molecule has 0 heterocycles. The number of fused-ring (bicyclic) bond motifs is 2.